The second kappa shape index (κ2) is 6.39. The molecule has 1 heterocycles. The molecule has 0 radical (unpaired) electrons. The van der Waals surface area contributed by atoms with Crippen molar-refractivity contribution in [1.82, 2.24) is 9.97 Å². The van der Waals surface area contributed by atoms with Crippen molar-refractivity contribution in [2.24, 2.45) is 11.8 Å². The molecule has 0 fully saturated rings. The Bertz CT molecular complexity index is 349. The van der Waals surface area contributed by atoms with Crippen LogP contribution in [0.25, 0.3) is 0 Å². The molecule has 0 aliphatic rings. The van der Waals surface area contributed by atoms with Crippen LogP contribution >= 0.6 is 0 Å². The molecule has 0 aromatic carbocycles. The van der Waals surface area contributed by atoms with E-state index in [1.54, 1.807) is 0 Å². The van der Waals surface area contributed by atoms with Gasteiger partial charge in [0, 0.05) is 17.8 Å². The highest BCUT2D eigenvalue weighted by molar-refractivity contribution is 5.42. The maximum atomic E-state index is 5.33. The van der Waals surface area contributed by atoms with Gasteiger partial charge in [0.2, 0.25) is 5.95 Å². The molecule has 0 amide bonds. The third-order valence-corrected chi connectivity index (χ3v) is 3.11. The molecule has 0 saturated heterocycles. The van der Waals surface area contributed by atoms with E-state index in [-0.39, 0.29) is 0 Å². The van der Waals surface area contributed by atoms with E-state index in [0.29, 0.717) is 17.9 Å². The van der Waals surface area contributed by atoms with Crippen molar-refractivity contribution in [3.63, 3.8) is 0 Å². The second-order valence-corrected chi connectivity index (χ2v) is 4.37. The van der Waals surface area contributed by atoms with Crippen LogP contribution in [0.4, 0.5) is 11.8 Å². The van der Waals surface area contributed by atoms with Gasteiger partial charge in [0.1, 0.15) is 5.82 Å². The Morgan fingerprint density at radius 2 is 1.94 bits per heavy atom. The SMILES string of the molecule is CCC(CC)C(C)Nc1cc(C)nc(NN)n1. The summed E-state index contributed by atoms with van der Waals surface area (Å²) in [6, 6.07) is 2.32. The van der Waals surface area contributed by atoms with Gasteiger partial charge in [-0.05, 0) is 19.8 Å². The first kappa shape index (κ1) is 13.7. The summed E-state index contributed by atoms with van der Waals surface area (Å²) in [6.07, 6.45) is 2.33. The van der Waals surface area contributed by atoms with Gasteiger partial charge < -0.3 is 5.32 Å². The zero-order chi connectivity index (χ0) is 12.8. The second-order valence-electron chi connectivity index (χ2n) is 4.37. The van der Waals surface area contributed by atoms with Crippen LogP contribution in [-0.2, 0) is 0 Å². The Hall–Kier alpha value is -1.36. The van der Waals surface area contributed by atoms with Gasteiger partial charge in [-0.2, -0.15) is 4.98 Å². The summed E-state index contributed by atoms with van der Waals surface area (Å²) in [5.41, 5.74) is 3.37. The van der Waals surface area contributed by atoms with Crippen LogP contribution in [0.5, 0.6) is 0 Å². The fraction of sp³-hybridized carbons (Fsp3) is 0.667. The molecule has 0 aliphatic heterocycles. The van der Waals surface area contributed by atoms with Gasteiger partial charge >= 0.3 is 0 Å². The zero-order valence-electron chi connectivity index (χ0n) is 11.1. The molecule has 96 valence electrons. The highest BCUT2D eigenvalue weighted by atomic mass is 15.3. The van der Waals surface area contributed by atoms with Crippen molar-refractivity contribution < 1.29 is 0 Å². The number of nitrogens with two attached hydrogens (primary N) is 1. The Kier molecular flexibility index (Phi) is 5.15. The number of hydrogen-bond donors (Lipinski definition) is 3. The van der Waals surface area contributed by atoms with E-state index in [2.05, 4.69) is 41.5 Å². The molecular weight excluding hydrogens is 214 g/mol. The van der Waals surface area contributed by atoms with Gasteiger partial charge in [0.25, 0.3) is 0 Å². The lowest BCUT2D eigenvalue weighted by atomic mass is 9.95. The number of nitrogen functional groups attached to an aromatic ring is 1. The van der Waals surface area contributed by atoms with E-state index in [0.717, 1.165) is 24.4 Å². The average molecular weight is 237 g/mol. The van der Waals surface area contributed by atoms with Crippen LogP contribution in [-0.4, -0.2) is 16.0 Å². The number of anilines is 2. The van der Waals surface area contributed by atoms with Crippen molar-refractivity contribution in [2.45, 2.75) is 46.6 Å². The van der Waals surface area contributed by atoms with Gasteiger partial charge in [0.15, 0.2) is 0 Å². The fourth-order valence-corrected chi connectivity index (χ4v) is 2.05. The number of aryl methyl sites for hydroxylation is 1. The topological polar surface area (TPSA) is 75.9 Å². The lowest BCUT2D eigenvalue weighted by Gasteiger charge is -2.23. The number of nitrogens with zero attached hydrogens (tertiary/aromatic N) is 2. The van der Waals surface area contributed by atoms with Crippen molar-refractivity contribution in [3.05, 3.63) is 11.8 Å². The molecule has 1 rings (SSSR count). The number of rotatable bonds is 6. The number of hydrazine groups is 1. The monoisotopic (exact) mass is 237 g/mol. The smallest absolute Gasteiger partial charge is 0.239 e. The van der Waals surface area contributed by atoms with Crippen molar-refractivity contribution in [2.75, 3.05) is 10.7 Å². The van der Waals surface area contributed by atoms with E-state index in [1.807, 2.05) is 13.0 Å². The molecular formula is C12H23N5. The number of aromatic nitrogens is 2. The summed E-state index contributed by atoms with van der Waals surface area (Å²) in [7, 11) is 0. The Labute approximate surface area is 103 Å². The number of nitrogens with one attached hydrogen (secondary N) is 2. The third kappa shape index (κ3) is 3.85. The maximum Gasteiger partial charge on any atom is 0.239 e. The first-order valence-electron chi connectivity index (χ1n) is 6.19. The molecule has 1 aromatic heterocycles. The van der Waals surface area contributed by atoms with Crippen LogP contribution in [0.1, 0.15) is 39.3 Å². The van der Waals surface area contributed by atoms with Crippen LogP contribution < -0.4 is 16.6 Å². The predicted octanol–water partition coefficient (Wildman–Crippen LogP) is 2.31. The minimum Gasteiger partial charge on any atom is -0.367 e. The standard InChI is InChI=1S/C12H23N5/c1-5-10(6-2)9(4)15-11-7-8(3)14-12(16-11)17-13/h7,9-10H,5-6,13H2,1-4H3,(H2,14,15,16,17). The molecule has 5 heteroatoms. The highest BCUT2D eigenvalue weighted by Crippen LogP contribution is 2.17. The summed E-state index contributed by atoms with van der Waals surface area (Å²) in [5, 5.41) is 3.41. The molecule has 0 saturated carbocycles. The first-order valence-corrected chi connectivity index (χ1v) is 6.19. The minimum atomic E-state index is 0.393. The molecule has 0 bridgehead atoms. The quantitative estimate of drug-likeness (QED) is 0.523. The Morgan fingerprint density at radius 1 is 1.29 bits per heavy atom. The molecule has 1 aromatic rings. The van der Waals surface area contributed by atoms with E-state index in [9.17, 15) is 0 Å². The predicted molar refractivity (Wildman–Crippen MR) is 71.7 cm³/mol. The van der Waals surface area contributed by atoms with Crippen LogP contribution in [0, 0.1) is 12.8 Å². The molecule has 0 aliphatic carbocycles. The van der Waals surface area contributed by atoms with Crippen LogP contribution in [0.15, 0.2) is 6.07 Å². The molecule has 0 spiro atoms. The maximum absolute atomic E-state index is 5.33. The van der Waals surface area contributed by atoms with Gasteiger partial charge in [-0.25, -0.2) is 10.8 Å². The van der Waals surface area contributed by atoms with E-state index in [4.69, 9.17) is 5.84 Å². The number of hydrogen-bond acceptors (Lipinski definition) is 5. The Morgan fingerprint density at radius 3 is 2.47 bits per heavy atom. The lowest BCUT2D eigenvalue weighted by Crippen LogP contribution is -2.26. The summed E-state index contributed by atoms with van der Waals surface area (Å²) in [4.78, 5) is 8.44. The Balaban J connectivity index is 2.76. The van der Waals surface area contributed by atoms with Crippen molar-refractivity contribution in [3.8, 4) is 0 Å². The molecule has 1 atom stereocenters. The lowest BCUT2D eigenvalue weighted by molar-refractivity contribution is 0.437. The molecule has 17 heavy (non-hydrogen) atoms. The summed E-state index contributed by atoms with van der Waals surface area (Å²) >= 11 is 0. The molecule has 1 unspecified atom stereocenters. The van der Waals surface area contributed by atoms with Crippen molar-refractivity contribution >= 4 is 11.8 Å². The van der Waals surface area contributed by atoms with Gasteiger partial charge in [-0.3, -0.25) is 5.43 Å². The zero-order valence-corrected chi connectivity index (χ0v) is 11.1. The average Bonchev–Trinajstić information content (AvgIpc) is 2.29. The van der Waals surface area contributed by atoms with E-state index in [1.165, 1.54) is 0 Å². The van der Waals surface area contributed by atoms with Gasteiger partial charge in [0.05, 0.1) is 0 Å². The van der Waals surface area contributed by atoms with Crippen LogP contribution in [0.3, 0.4) is 0 Å². The van der Waals surface area contributed by atoms with Gasteiger partial charge in [-0.15, -0.1) is 0 Å². The summed E-state index contributed by atoms with van der Waals surface area (Å²) in [5.74, 6) is 7.25. The van der Waals surface area contributed by atoms with E-state index >= 15 is 0 Å². The van der Waals surface area contributed by atoms with Crippen molar-refractivity contribution in [1.29, 1.82) is 0 Å². The highest BCUT2D eigenvalue weighted by Gasteiger charge is 2.14. The minimum absolute atomic E-state index is 0.393. The first-order chi connectivity index (χ1) is 8.10. The fourth-order valence-electron chi connectivity index (χ4n) is 2.05. The molecule has 4 N–H and O–H groups in total. The molecule has 5 nitrogen and oxygen atoms in total. The normalized spacial score (nSPS) is 12.6. The third-order valence-electron chi connectivity index (χ3n) is 3.11. The summed E-state index contributed by atoms with van der Waals surface area (Å²) < 4.78 is 0. The van der Waals surface area contributed by atoms with Crippen LogP contribution in [0.2, 0.25) is 0 Å². The van der Waals surface area contributed by atoms with E-state index < -0.39 is 0 Å². The van der Waals surface area contributed by atoms with Gasteiger partial charge in [-0.1, -0.05) is 26.7 Å². The summed E-state index contributed by atoms with van der Waals surface area (Å²) in [6.45, 7) is 8.54. The largest absolute Gasteiger partial charge is 0.367 e.